The Bertz CT molecular complexity index is 846. The van der Waals surface area contributed by atoms with Gasteiger partial charge in [0.15, 0.2) is 11.5 Å². The van der Waals surface area contributed by atoms with Crippen LogP contribution in [0.2, 0.25) is 0 Å². The number of anilines is 1. The van der Waals surface area contributed by atoms with Crippen molar-refractivity contribution >= 4 is 21.7 Å². The summed E-state index contributed by atoms with van der Waals surface area (Å²) in [6.07, 6.45) is 0.168. The molecule has 0 unspecified atom stereocenters. The Morgan fingerprint density at radius 1 is 1.04 bits per heavy atom. The average Bonchev–Trinajstić information content (AvgIpc) is 2.59. The van der Waals surface area contributed by atoms with Crippen LogP contribution in [0.15, 0.2) is 47.4 Å². The third-order valence-electron chi connectivity index (χ3n) is 3.49. The van der Waals surface area contributed by atoms with E-state index in [0.717, 1.165) is 0 Å². The number of carboxylic acid groups (broad SMARTS) is 1. The number of aryl methyl sites for hydroxylation is 1. The number of methoxy groups -OCH3 is 2. The molecule has 134 valence electrons. The number of aliphatic carboxylic acids is 1. The third-order valence-corrected chi connectivity index (χ3v) is 4.88. The first-order valence-electron chi connectivity index (χ1n) is 7.39. The molecule has 0 aliphatic rings. The zero-order valence-corrected chi connectivity index (χ0v) is 14.6. The number of hydrogen-bond acceptors (Lipinski definition) is 6. The van der Waals surface area contributed by atoms with Gasteiger partial charge in [0, 0.05) is 12.0 Å². The lowest BCUT2D eigenvalue weighted by atomic mass is 10.1. The van der Waals surface area contributed by atoms with Gasteiger partial charge in [-0.15, -0.1) is 0 Å². The number of carbonyl (C=O) groups excluding carboxylic acids is 1. The molecule has 0 saturated heterocycles. The summed E-state index contributed by atoms with van der Waals surface area (Å²) in [6.45, 7) is 0. The van der Waals surface area contributed by atoms with Crippen LogP contribution in [-0.4, -0.2) is 28.6 Å². The van der Waals surface area contributed by atoms with Gasteiger partial charge in [-0.3, -0.25) is 4.72 Å². The zero-order chi connectivity index (χ0) is 18.4. The average molecular weight is 364 g/mol. The van der Waals surface area contributed by atoms with Gasteiger partial charge >= 0.3 is 0 Å². The summed E-state index contributed by atoms with van der Waals surface area (Å²) < 4.78 is 37.6. The van der Waals surface area contributed by atoms with Crippen LogP contribution in [0.4, 0.5) is 5.69 Å². The van der Waals surface area contributed by atoms with Crippen LogP contribution in [0.5, 0.6) is 11.5 Å². The van der Waals surface area contributed by atoms with Gasteiger partial charge in [0.1, 0.15) is 0 Å². The van der Waals surface area contributed by atoms with Crippen LogP contribution < -0.4 is 19.3 Å². The minimum atomic E-state index is -3.78. The maximum absolute atomic E-state index is 12.4. The molecule has 2 rings (SSSR count). The van der Waals surface area contributed by atoms with E-state index in [1.54, 1.807) is 24.3 Å². The first-order valence-corrected chi connectivity index (χ1v) is 8.87. The lowest BCUT2D eigenvalue weighted by Crippen LogP contribution is -2.22. The van der Waals surface area contributed by atoms with Gasteiger partial charge in [0.2, 0.25) is 0 Å². The number of hydrogen-bond donors (Lipinski definition) is 1. The highest BCUT2D eigenvalue weighted by molar-refractivity contribution is 7.92. The molecule has 25 heavy (non-hydrogen) atoms. The number of carbonyl (C=O) groups is 1. The van der Waals surface area contributed by atoms with Gasteiger partial charge in [-0.1, -0.05) is 12.1 Å². The summed E-state index contributed by atoms with van der Waals surface area (Å²) in [4.78, 5) is 10.5. The van der Waals surface area contributed by atoms with Crippen molar-refractivity contribution < 1.29 is 27.8 Å². The Labute approximate surface area is 146 Å². The molecule has 0 aliphatic carbocycles. The Kier molecular flexibility index (Phi) is 5.87. The topological polar surface area (TPSA) is 105 Å². The Balaban J connectivity index is 2.17. The monoisotopic (exact) mass is 364 g/mol. The fraction of sp³-hybridized carbons (Fsp3) is 0.235. The standard InChI is InChI=1S/C17H19NO6S/c1-23-15-9-6-13(11-16(15)24-2)18-25(21,22)14-7-3-12(4-8-14)5-10-17(19)20/h3-4,6-9,11,18H,5,10H2,1-2H3,(H,19,20)/p-1. The maximum Gasteiger partial charge on any atom is 0.261 e. The van der Waals surface area contributed by atoms with Crippen LogP contribution in [0.1, 0.15) is 12.0 Å². The Hall–Kier alpha value is -2.74. The van der Waals surface area contributed by atoms with Gasteiger partial charge in [0.05, 0.1) is 24.8 Å². The molecule has 0 aliphatic heterocycles. The van der Waals surface area contributed by atoms with E-state index in [0.29, 0.717) is 22.7 Å². The molecule has 7 nitrogen and oxygen atoms in total. The number of carboxylic acids is 1. The fourth-order valence-corrected chi connectivity index (χ4v) is 3.24. The molecule has 1 N–H and O–H groups in total. The second kappa shape index (κ2) is 7.89. The molecule has 0 radical (unpaired) electrons. The molecular weight excluding hydrogens is 346 g/mol. The summed E-state index contributed by atoms with van der Waals surface area (Å²) in [7, 11) is -0.831. The van der Waals surface area contributed by atoms with Gasteiger partial charge in [0.25, 0.3) is 10.0 Å². The van der Waals surface area contributed by atoms with Crippen molar-refractivity contribution in [1.82, 2.24) is 0 Å². The van der Waals surface area contributed by atoms with Crippen LogP contribution in [0.25, 0.3) is 0 Å². The summed E-state index contributed by atoms with van der Waals surface area (Å²) in [5.74, 6) is -0.255. The Morgan fingerprint density at radius 2 is 1.68 bits per heavy atom. The van der Waals surface area contributed by atoms with Gasteiger partial charge in [-0.25, -0.2) is 8.42 Å². The molecule has 2 aromatic rings. The van der Waals surface area contributed by atoms with Crippen LogP contribution in [-0.2, 0) is 21.2 Å². The van der Waals surface area contributed by atoms with Crippen molar-refractivity contribution in [2.24, 2.45) is 0 Å². The van der Waals surface area contributed by atoms with Crippen molar-refractivity contribution in [1.29, 1.82) is 0 Å². The summed E-state index contributed by atoms with van der Waals surface area (Å²) in [6, 6.07) is 10.7. The smallest absolute Gasteiger partial charge is 0.261 e. The van der Waals surface area contributed by atoms with E-state index in [-0.39, 0.29) is 17.7 Å². The highest BCUT2D eigenvalue weighted by atomic mass is 32.2. The molecule has 0 amide bonds. The summed E-state index contributed by atoms with van der Waals surface area (Å²) in [5.41, 5.74) is 1.05. The van der Waals surface area contributed by atoms with E-state index in [1.807, 2.05) is 0 Å². The minimum absolute atomic E-state index is 0.0690. The minimum Gasteiger partial charge on any atom is -0.550 e. The molecule has 0 aromatic heterocycles. The van der Waals surface area contributed by atoms with Gasteiger partial charge in [-0.2, -0.15) is 0 Å². The molecule has 0 bridgehead atoms. The first-order chi connectivity index (χ1) is 11.9. The van der Waals surface area contributed by atoms with E-state index >= 15 is 0 Å². The second-order valence-electron chi connectivity index (χ2n) is 5.19. The number of ether oxygens (including phenoxy) is 2. The normalized spacial score (nSPS) is 11.0. The van der Waals surface area contributed by atoms with E-state index in [4.69, 9.17) is 9.47 Å². The number of nitrogens with one attached hydrogen (secondary N) is 1. The number of benzene rings is 2. The highest BCUT2D eigenvalue weighted by Crippen LogP contribution is 2.30. The third kappa shape index (κ3) is 4.87. The zero-order valence-electron chi connectivity index (χ0n) is 13.8. The molecule has 2 aromatic carbocycles. The SMILES string of the molecule is COc1ccc(NS(=O)(=O)c2ccc(CCC(=O)[O-])cc2)cc1OC. The van der Waals surface area contributed by atoms with E-state index in [2.05, 4.69) is 4.72 Å². The lowest BCUT2D eigenvalue weighted by molar-refractivity contribution is -0.305. The van der Waals surface area contributed by atoms with Crippen molar-refractivity contribution in [2.75, 3.05) is 18.9 Å². The maximum atomic E-state index is 12.4. The molecule has 0 saturated carbocycles. The summed E-state index contributed by atoms with van der Waals surface area (Å²) in [5, 5.41) is 10.5. The first kappa shape index (κ1) is 18.6. The lowest BCUT2D eigenvalue weighted by Gasteiger charge is -2.12. The van der Waals surface area contributed by atoms with E-state index in [1.165, 1.54) is 32.4 Å². The van der Waals surface area contributed by atoms with Gasteiger partial charge in [-0.05, 0) is 42.7 Å². The predicted molar refractivity (Wildman–Crippen MR) is 90.1 cm³/mol. The molecule has 0 atom stereocenters. The largest absolute Gasteiger partial charge is 0.550 e. The molecule has 0 heterocycles. The van der Waals surface area contributed by atoms with Crippen LogP contribution in [0.3, 0.4) is 0 Å². The Morgan fingerprint density at radius 3 is 2.24 bits per heavy atom. The number of rotatable bonds is 8. The van der Waals surface area contributed by atoms with Crippen molar-refractivity contribution in [3.63, 3.8) is 0 Å². The van der Waals surface area contributed by atoms with Crippen LogP contribution >= 0.6 is 0 Å². The summed E-state index contributed by atoms with van der Waals surface area (Å²) >= 11 is 0. The van der Waals surface area contributed by atoms with Crippen molar-refractivity contribution in [3.8, 4) is 11.5 Å². The van der Waals surface area contributed by atoms with Crippen molar-refractivity contribution in [3.05, 3.63) is 48.0 Å². The highest BCUT2D eigenvalue weighted by Gasteiger charge is 2.15. The predicted octanol–water partition coefficient (Wildman–Crippen LogP) is 1.19. The van der Waals surface area contributed by atoms with Crippen molar-refractivity contribution in [2.45, 2.75) is 17.7 Å². The van der Waals surface area contributed by atoms with E-state index in [9.17, 15) is 18.3 Å². The van der Waals surface area contributed by atoms with Crippen LogP contribution in [0, 0.1) is 0 Å². The number of sulfonamides is 1. The molecular formula is C17H18NO6S-. The molecule has 0 spiro atoms. The molecule has 8 heteroatoms. The van der Waals surface area contributed by atoms with Gasteiger partial charge < -0.3 is 19.4 Å². The fourth-order valence-electron chi connectivity index (χ4n) is 2.20. The molecule has 0 fully saturated rings. The second-order valence-corrected chi connectivity index (χ2v) is 6.87. The van der Waals surface area contributed by atoms with E-state index < -0.39 is 16.0 Å². The quantitative estimate of drug-likeness (QED) is 0.754.